The molecule has 5 heteroatoms. The lowest BCUT2D eigenvalue weighted by molar-refractivity contribution is 0.668. The highest BCUT2D eigenvalue weighted by Gasteiger charge is 2.26. The first-order valence-corrected chi connectivity index (χ1v) is 19.9. The molecule has 12 aromatic rings. The first kappa shape index (κ1) is 33.2. The highest BCUT2D eigenvalue weighted by Crippen LogP contribution is 2.49. The van der Waals surface area contributed by atoms with Crippen molar-refractivity contribution in [2.75, 3.05) is 9.80 Å². The third kappa shape index (κ3) is 5.33. The van der Waals surface area contributed by atoms with Crippen LogP contribution in [0.25, 0.3) is 71.4 Å². The van der Waals surface area contributed by atoms with Crippen LogP contribution in [-0.4, -0.2) is 4.57 Å². The Balaban J connectivity index is 1.19. The van der Waals surface area contributed by atoms with E-state index in [-0.39, 0.29) is 0 Å². The van der Waals surface area contributed by atoms with Gasteiger partial charge >= 0.3 is 0 Å². The van der Waals surface area contributed by atoms with E-state index >= 15 is 0 Å². The van der Waals surface area contributed by atoms with Crippen molar-refractivity contribution in [3.05, 3.63) is 212 Å². The third-order valence-electron chi connectivity index (χ3n) is 11.5. The molecule has 59 heavy (non-hydrogen) atoms. The molecule has 0 aliphatic carbocycles. The van der Waals surface area contributed by atoms with Crippen LogP contribution in [0, 0.1) is 0 Å². The Morgan fingerprint density at radius 3 is 1.39 bits per heavy atom. The van der Waals surface area contributed by atoms with Gasteiger partial charge in [0.1, 0.15) is 22.3 Å². The van der Waals surface area contributed by atoms with Gasteiger partial charge in [-0.05, 0) is 91.0 Å². The molecule has 0 aliphatic rings. The predicted molar refractivity (Wildman–Crippen MR) is 245 cm³/mol. The maximum atomic E-state index is 6.52. The Bertz CT molecular complexity index is 3510. The van der Waals surface area contributed by atoms with Crippen LogP contribution >= 0.6 is 0 Å². The van der Waals surface area contributed by atoms with Gasteiger partial charge in [0.05, 0.1) is 22.4 Å². The molecular formula is C54H35N3O2. The monoisotopic (exact) mass is 757 g/mol. The van der Waals surface area contributed by atoms with Crippen molar-refractivity contribution in [3.8, 4) is 5.69 Å². The highest BCUT2D eigenvalue weighted by molar-refractivity contribution is 6.18. The Kier molecular flexibility index (Phi) is 7.47. The number of rotatable bonds is 7. The Labute approximate surface area is 339 Å². The van der Waals surface area contributed by atoms with Gasteiger partial charge < -0.3 is 23.2 Å². The van der Waals surface area contributed by atoms with Gasteiger partial charge in [-0.1, -0.05) is 109 Å². The fourth-order valence-corrected chi connectivity index (χ4v) is 8.96. The minimum Gasteiger partial charge on any atom is -0.456 e. The van der Waals surface area contributed by atoms with Gasteiger partial charge in [0.25, 0.3) is 0 Å². The quantitative estimate of drug-likeness (QED) is 0.162. The van der Waals surface area contributed by atoms with E-state index in [1.54, 1.807) is 0 Å². The minimum atomic E-state index is 0.841. The molecule has 0 spiro atoms. The molecular weight excluding hydrogens is 723 g/mol. The average Bonchev–Trinajstić information content (AvgIpc) is 3.97. The summed E-state index contributed by atoms with van der Waals surface area (Å²) in [6.45, 7) is 0. The van der Waals surface area contributed by atoms with Gasteiger partial charge in [0.15, 0.2) is 0 Å². The van der Waals surface area contributed by atoms with Crippen LogP contribution in [0.3, 0.4) is 0 Å². The summed E-state index contributed by atoms with van der Waals surface area (Å²) in [5.74, 6) is 0. The van der Waals surface area contributed by atoms with Crippen molar-refractivity contribution >= 4 is 99.8 Å². The molecule has 12 rings (SSSR count). The number of furan rings is 2. The van der Waals surface area contributed by atoms with Gasteiger partial charge in [-0.2, -0.15) is 0 Å². The number of aromatic nitrogens is 1. The summed E-state index contributed by atoms with van der Waals surface area (Å²) >= 11 is 0. The largest absolute Gasteiger partial charge is 0.456 e. The molecule has 0 saturated carbocycles. The van der Waals surface area contributed by atoms with Gasteiger partial charge in [-0.15, -0.1) is 0 Å². The Morgan fingerprint density at radius 2 is 0.780 bits per heavy atom. The van der Waals surface area contributed by atoms with Crippen molar-refractivity contribution in [2.45, 2.75) is 0 Å². The van der Waals surface area contributed by atoms with Gasteiger partial charge in [-0.3, -0.25) is 0 Å². The van der Waals surface area contributed by atoms with Crippen molar-refractivity contribution in [1.29, 1.82) is 0 Å². The van der Waals surface area contributed by atoms with Crippen molar-refractivity contribution < 1.29 is 8.83 Å². The normalized spacial score (nSPS) is 11.7. The molecule has 9 aromatic carbocycles. The van der Waals surface area contributed by atoms with Crippen LogP contribution in [0.2, 0.25) is 0 Å². The summed E-state index contributed by atoms with van der Waals surface area (Å²) in [6, 6.07) is 75.0. The molecule has 3 aromatic heterocycles. The number of para-hydroxylation sites is 6. The summed E-state index contributed by atoms with van der Waals surface area (Å²) in [5, 5.41) is 6.70. The second-order valence-corrected chi connectivity index (χ2v) is 14.9. The second-order valence-electron chi connectivity index (χ2n) is 14.9. The topological polar surface area (TPSA) is 37.7 Å². The Morgan fingerprint density at radius 1 is 0.305 bits per heavy atom. The van der Waals surface area contributed by atoms with E-state index in [4.69, 9.17) is 8.83 Å². The third-order valence-corrected chi connectivity index (χ3v) is 11.5. The van der Waals surface area contributed by atoms with E-state index in [9.17, 15) is 0 Å². The van der Waals surface area contributed by atoms with Crippen molar-refractivity contribution in [3.63, 3.8) is 0 Å². The van der Waals surface area contributed by atoms with E-state index in [1.807, 2.05) is 24.3 Å². The second kappa shape index (κ2) is 13.3. The van der Waals surface area contributed by atoms with Crippen molar-refractivity contribution in [2.24, 2.45) is 0 Å². The molecule has 278 valence electrons. The lowest BCUT2D eigenvalue weighted by atomic mass is 10.0. The average molecular weight is 758 g/mol. The number of benzene rings is 9. The van der Waals surface area contributed by atoms with E-state index in [0.717, 1.165) is 105 Å². The van der Waals surface area contributed by atoms with E-state index < -0.39 is 0 Å². The zero-order valence-corrected chi connectivity index (χ0v) is 31.9. The summed E-state index contributed by atoms with van der Waals surface area (Å²) in [6.07, 6.45) is 0. The van der Waals surface area contributed by atoms with Crippen LogP contribution < -0.4 is 9.80 Å². The fourth-order valence-electron chi connectivity index (χ4n) is 8.96. The number of fused-ring (bicyclic) bond motifs is 9. The lowest BCUT2D eigenvalue weighted by Gasteiger charge is -2.30. The summed E-state index contributed by atoms with van der Waals surface area (Å²) in [5.41, 5.74) is 12.8. The number of hydrogen-bond acceptors (Lipinski definition) is 4. The zero-order valence-electron chi connectivity index (χ0n) is 31.9. The molecule has 0 N–H and O–H groups in total. The maximum absolute atomic E-state index is 6.52. The number of anilines is 6. The van der Waals surface area contributed by atoms with Crippen LogP contribution in [0.15, 0.2) is 221 Å². The maximum Gasteiger partial charge on any atom is 0.137 e. The van der Waals surface area contributed by atoms with E-state index in [2.05, 4.69) is 202 Å². The van der Waals surface area contributed by atoms with Gasteiger partial charge in [0, 0.05) is 72.9 Å². The van der Waals surface area contributed by atoms with Crippen molar-refractivity contribution in [1.82, 2.24) is 4.57 Å². The zero-order chi connectivity index (χ0) is 38.9. The van der Waals surface area contributed by atoms with Gasteiger partial charge in [-0.25, -0.2) is 0 Å². The molecule has 0 atom stereocenters. The van der Waals surface area contributed by atoms with E-state index in [0.29, 0.717) is 0 Å². The van der Waals surface area contributed by atoms with Crippen LogP contribution in [0.5, 0.6) is 0 Å². The summed E-state index contributed by atoms with van der Waals surface area (Å²) < 4.78 is 15.4. The van der Waals surface area contributed by atoms with Crippen LogP contribution in [0.4, 0.5) is 34.1 Å². The molecule has 0 amide bonds. The van der Waals surface area contributed by atoms with Crippen LogP contribution in [-0.2, 0) is 0 Å². The molecule has 0 unspecified atom stereocenters. The molecule has 3 heterocycles. The Hall–Kier alpha value is -8.02. The first-order chi connectivity index (χ1) is 29.3. The number of hydrogen-bond donors (Lipinski definition) is 0. The summed E-state index contributed by atoms with van der Waals surface area (Å²) in [7, 11) is 0. The predicted octanol–water partition coefficient (Wildman–Crippen LogP) is 15.5. The molecule has 0 radical (unpaired) electrons. The van der Waals surface area contributed by atoms with Crippen LogP contribution in [0.1, 0.15) is 0 Å². The fraction of sp³-hybridized carbons (Fsp3) is 0. The lowest BCUT2D eigenvalue weighted by Crippen LogP contribution is -2.14. The summed E-state index contributed by atoms with van der Waals surface area (Å²) in [4.78, 5) is 4.72. The molecule has 0 bridgehead atoms. The van der Waals surface area contributed by atoms with E-state index in [1.165, 1.54) is 0 Å². The molecule has 5 nitrogen and oxygen atoms in total. The SMILES string of the molecule is c1ccc(N(c2ccc3c(c2)oc2ccccc23)c2cc(N(c3ccccc3)c3ccc4c(c3)oc3ccccc34)c3c4ccccc4n(-c4ccccc4)c3c2)cc1. The first-order valence-electron chi connectivity index (χ1n) is 19.9. The molecule has 0 fully saturated rings. The number of nitrogens with zero attached hydrogens (tertiary/aromatic N) is 3. The van der Waals surface area contributed by atoms with Gasteiger partial charge in [0.2, 0.25) is 0 Å². The molecule has 0 aliphatic heterocycles. The standard InChI is InChI=1S/C54H35N3O2/c1-4-16-36(17-5-1)55(39-28-30-44-42-22-11-14-26-50(42)58-52(44)34-39)41-32-48(54-46-24-10-13-25-47(46)57(49(54)33-41)38-20-8-3-9-21-38)56(37-18-6-2-7-19-37)40-29-31-45-43-23-12-15-27-51(43)59-53(45)35-40/h1-35H. The molecule has 0 saturated heterocycles. The highest BCUT2D eigenvalue weighted by atomic mass is 16.3. The smallest absolute Gasteiger partial charge is 0.137 e. The minimum absolute atomic E-state index is 0.841.